The molecular weight excluding hydrogens is 274 g/mol. The molecule has 1 atom stereocenters. The van der Waals surface area contributed by atoms with Crippen LogP contribution in [-0.2, 0) is 4.79 Å². The van der Waals surface area contributed by atoms with Gasteiger partial charge in [0, 0.05) is 24.4 Å². The highest BCUT2D eigenvalue weighted by Crippen LogP contribution is 2.33. The fourth-order valence-corrected chi connectivity index (χ4v) is 3.50. The first-order valence-electron chi connectivity index (χ1n) is 6.36. The van der Waals surface area contributed by atoms with Gasteiger partial charge >= 0.3 is 0 Å². The first-order valence-corrected chi connectivity index (χ1v) is 7.18. The van der Waals surface area contributed by atoms with Crippen LogP contribution in [0.1, 0.15) is 12.0 Å². The van der Waals surface area contributed by atoms with Crippen LogP contribution in [0.15, 0.2) is 23.3 Å². The lowest BCUT2D eigenvalue weighted by Crippen LogP contribution is -2.24. The maximum atomic E-state index is 12.1. The average Bonchev–Trinajstić information content (AvgIpc) is 3.00. The first kappa shape index (κ1) is 12.9. The zero-order valence-electron chi connectivity index (χ0n) is 11.0. The van der Waals surface area contributed by atoms with Crippen molar-refractivity contribution in [3.8, 4) is 0 Å². The smallest absolute Gasteiger partial charge is 0.229 e. The lowest BCUT2D eigenvalue weighted by atomic mass is 10.1. The van der Waals surface area contributed by atoms with Crippen molar-refractivity contribution in [2.24, 2.45) is 11.0 Å². The van der Waals surface area contributed by atoms with Gasteiger partial charge in [-0.15, -0.1) is 0 Å². The standard InChI is InChI=1S/C13H13N5OS/c1-8-3-2-4-10-12(8)16-13(20-10)18-7-9(5-11(18)19)6-15-17-14/h2-4,9H,5-7H2,1H3. The molecule has 0 N–H and O–H groups in total. The second-order valence-corrected chi connectivity index (χ2v) is 5.92. The van der Waals surface area contributed by atoms with E-state index < -0.39 is 0 Å². The molecule has 0 radical (unpaired) electrons. The van der Waals surface area contributed by atoms with E-state index in [1.807, 2.05) is 25.1 Å². The van der Waals surface area contributed by atoms with E-state index in [0.29, 0.717) is 19.5 Å². The molecule has 0 aliphatic carbocycles. The van der Waals surface area contributed by atoms with Crippen molar-refractivity contribution in [3.63, 3.8) is 0 Å². The molecule has 7 heteroatoms. The van der Waals surface area contributed by atoms with Gasteiger partial charge in [0.1, 0.15) is 0 Å². The summed E-state index contributed by atoms with van der Waals surface area (Å²) in [5.74, 6) is 0.145. The minimum absolute atomic E-state index is 0.0554. The van der Waals surface area contributed by atoms with Gasteiger partial charge < -0.3 is 0 Å². The minimum atomic E-state index is 0.0554. The number of nitrogens with zero attached hydrogens (tertiary/aromatic N) is 5. The summed E-state index contributed by atoms with van der Waals surface area (Å²) in [6, 6.07) is 6.03. The van der Waals surface area contributed by atoms with E-state index in [2.05, 4.69) is 15.0 Å². The molecule has 3 rings (SSSR count). The van der Waals surface area contributed by atoms with Crippen molar-refractivity contribution in [1.82, 2.24) is 4.98 Å². The summed E-state index contributed by atoms with van der Waals surface area (Å²) in [4.78, 5) is 21.1. The van der Waals surface area contributed by atoms with Crippen LogP contribution in [0.25, 0.3) is 20.7 Å². The molecule has 2 aromatic rings. The average molecular weight is 287 g/mol. The summed E-state index contributed by atoms with van der Waals surface area (Å²) < 4.78 is 1.09. The molecule has 1 unspecified atom stereocenters. The Bertz CT molecular complexity index is 719. The Morgan fingerprint density at radius 2 is 2.45 bits per heavy atom. The van der Waals surface area contributed by atoms with Gasteiger partial charge in [-0.05, 0) is 30.0 Å². The zero-order valence-corrected chi connectivity index (χ0v) is 11.8. The first-order chi connectivity index (χ1) is 9.69. The van der Waals surface area contributed by atoms with Gasteiger partial charge in [-0.2, -0.15) is 0 Å². The number of rotatable bonds is 3. The van der Waals surface area contributed by atoms with Crippen LogP contribution in [0.2, 0.25) is 0 Å². The monoisotopic (exact) mass is 287 g/mol. The van der Waals surface area contributed by atoms with Crippen LogP contribution in [0.5, 0.6) is 0 Å². The van der Waals surface area contributed by atoms with Crippen molar-refractivity contribution < 1.29 is 4.79 Å². The van der Waals surface area contributed by atoms with Gasteiger partial charge in [-0.3, -0.25) is 9.69 Å². The number of thiazole rings is 1. The van der Waals surface area contributed by atoms with E-state index in [9.17, 15) is 4.79 Å². The summed E-state index contributed by atoms with van der Waals surface area (Å²) >= 11 is 1.53. The van der Waals surface area contributed by atoms with Crippen LogP contribution < -0.4 is 4.90 Å². The van der Waals surface area contributed by atoms with Crippen molar-refractivity contribution in [1.29, 1.82) is 0 Å². The molecule has 0 saturated carbocycles. The molecule has 1 aliphatic heterocycles. The Labute approximate surface area is 119 Å². The predicted molar refractivity (Wildman–Crippen MR) is 78.8 cm³/mol. The van der Waals surface area contributed by atoms with E-state index in [1.54, 1.807) is 4.90 Å². The number of amides is 1. The molecule has 0 spiro atoms. The van der Waals surface area contributed by atoms with E-state index in [0.717, 1.165) is 20.9 Å². The summed E-state index contributed by atoms with van der Waals surface area (Å²) in [5.41, 5.74) is 10.4. The van der Waals surface area contributed by atoms with Gasteiger partial charge in [0.05, 0.1) is 10.2 Å². The fourth-order valence-electron chi connectivity index (χ4n) is 2.43. The predicted octanol–water partition coefficient (Wildman–Crippen LogP) is 3.27. The second-order valence-electron chi connectivity index (χ2n) is 4.91. The number of aromatic nitrogens is 1. The fraction of sp³-hybridized carbons (Fsp3) is 0.385. The maximum Gasteiger partial charge on any atom is 0.229 e. The molecule has 6 nitrogen and oxygen atoms in total. The Hall–Kier alpha value is -2.11. The molecule has 1 saturated heterocycles. The van der Waals surface area contributed by atoms with E-state index >= 15 is 0 Å². The van der Waals surface area contributed by atoms with Crippen LogP contribution in [0.4, 0.5) is 5.13 Å². The van der Waals surface area contributed by atoms with Gasteiger partial charge in [-0.25, -0.2) is 4.98 Å². The summed E-state index contributed by atoms with van der Waals surface area (Å²) in [7, 11) is 0. The summed E-state index contributed by atoms with van der Waals surface area (Å²) in [6.45, 7) is 2.96. The van der Waals surface area contributed by atoms with E-state index in [4.69, 9.17) is 5.53 Å². The molecule has 1 aromatic heterocycles. The van der Waals surface area contributed by atoms with Crippen molar-refractivity contribution >= 4 is 32.6 Å². The molecule has 1 aliphatic rings. The lowest BCUT2D eigenvalue weighted by Gasteiger charge is -2.11. The van der Waals surface area contributed by atoms with Gasteiger partial charge in [0.25, 0.3) is 0 Å². The van der Waals surface area contributed by atoms with E-state index in [1.165, 1.54) is 11.3 Å². The Kier molecular flexibility index (Phi) is 3.30. The number of hydrogen-bond acceptors (Lipinski definition) is 4. The minimum Gasteiger partial charge on any atom is -0.288 e. The highest BCUT2D eigenvalue weighted by atomic mass is 32.1. The third-order valence-electron chi connectivity index (χ3n) is 3.45. The van der Waals surface area contributed by atoms with Gasteiger partial charge in [0.15, 0.2) is 5.13 Å². The third kappa shape index (κ3) is 2.21. The Balaban J connectivity index is 1.89. The van der Waals surface area contributed by atoms with Crippen LogP contribution in [0.3, 0.4) is 0 Å². The molecule has 102 valence electrons. The number of hydrogen-bond donors (Lipinski definition) is 0. The lowest BCUT2D eigenvalue weighted by molar-refractivity contribution is -0.117. The van der Waals surface area contributed by atoms with Crippen molar-refractivity contribution in [3.05, 3.63) is 34.2 Å². The molecule has 1 fully saturated rings. The number of carbonyl (C=O) groups is 1. The number of carbonyl (C=O) groups excluding carboxylic acids is 1. The van der Waals surface area contributed by atoms with Gasteiger partial charge in [0.2, 0.25) is 5.91 Å². The summed E-state index contributed by atoms with van der Waals surface area (Å²) in [5, 5.41) is 4.30. The number of para-hydroxylation sites is 1. The molecular formula is C13H13N5OS. The zero-order chi connectivity index (χ0) is 14.1. The normalized spacial score (nSPS) is 18.6. The van der Waals surface area contributed by atoms with Gasteiger partial charge in [-0.1, -0.05) is 28.6 Å². The number of fused-ring (bicyclic) bond motifs is 1. The topological polar surface area (TPSA) is 82.0 Å². The van der Waals surface area contributed by atoms with Crippen molar-refractivity contribution in [2.75, 3.05) is 18.0 Å². The molecule has 0 bridgehead atoms. The van der Waals surface area contributed by atoms with Crippen LogP contribution in [-0.4, -0.2) is 24.0 Å². The molecule has 20 heavy (non-hydrogen) atoms. The third-order valence-corrected chi connectivity index (χ3v) is 4.49. The molecule has 1 aromatic carbocycles. The second kappa shape index (κ2) is 5.11. The maximum absolute atomic E-state index is 12.1. The Morgan fingerprint density at radius 3 is 3.20 bits per heavy atom. The quantitative estimate of drug-likeness (QED) is 0.493. The number of anilines is 1. The highest BCUT2D eigenvalue weighted by molar-refractivity contribution is 7.22. The van der Waals surface area contributed by atoms with E-state index in [-0.39, 0.29) is 11.8 Å². The largest absolute Gasteiger partial charge is 0.288 e. The van der Waals surface area contributed by atoms with Crippen LogP contribution in [0, 0.1) is 12.8 Å². The van der Waals surface area contributed by atoms with Crippen molar-refractivity contribution in [2.45, 2.75) is 13.3 Å². The Morgan fingerprint density at radius 1 is 1.60 bits per heavy atom. The van der Waals surface area contributed by atoms with Crippen LogP contribution >= 0.6 is 11.3 Å². The molecule has 1 amide bonds. The summed E-state index contributed by atoms with van der Waals surface area (Å²) in [6.07, 6.45) is 0.425. The highest BCUT2D eigenvalue weighted by Gasteiger charge is 2.32. The number of azide groups is 1. The number of aryl methyl sites for hydroxylation is 1. The SMILES string of the molecule is Cc1cccc2sc(N3CC(CN=[N+]=[N-])CC3=O)nc12. The molecule has 2 heterocycles. The number of benzene rings is 1.